The maximum absolute atomic E-state index is 13.5. The molecule has 1 aromatic heterocycles. The van der Waals surface area contributed by atoms with Gasteiger partial charge in [0.05, 0.1) is 22.5 Å². The Bertz CT molecular complexity index is 1500. The van der Waals surface area contributed by atoms with Crippen molar-refractivity contribution in [3.05, 3.63) is 77.4 Å². The first kappa shape index (κ1) is 27.8. The molecular weight excluding hydrogens is 505 g/mol. The Balaban J connectivity index is 1.67. The lowest BCUT2D eigenvalue weighted by Crippen LogP contribution is -2.25. The van der Waals surface area contributed by atoms with Crippen LogP contribution < -0.4 is 16.0 Å². The predicted molar refractivity (Wildman–Crippen MR) is 150 cm³/mol. The molecule has 0 atom stereocenters. The summed E-state index contributed by atoms with van der Waals surface area (Å²) >= 11 is 0. The molecule has 3 N–H and O–H groups in total. The smallest absolute Gasteiger partial charge is 0.383 e. The number of fused-ring (bicyclic) bond motifs is 1. The molecule has 0 saturated heterocycles. The van der Waals surface area contributed by atoms with E-state index < -0.39 is 17.6 Å². The van der Waals surface area contributed by atoms with Crippen LogP contribution in [0.1, 0.15) is 27.9 Å². The van der Waals surface area contributed by atoms with Gasteiger partial charge >= 0.3 is 6.18 Å². The summed E-state index contributed by atoms with van der Waals surface area (Å²) in [6, 6.07) is 15.7. The molecule has 7 nitrogen and oxygen atoms in total. The van der Waals surface area contributed by atoms with Gasteiger partial charge in [0.25, 0.3) is 5.91 Å². The van der Waals surface area contributed by atoms with Gasteiger partial charge in [0.15, 0.2) is 5.82 Å². The lowest BCUT2D eigenvalue weighted by molar-refractivity contribution is -0.137. The van der Waals surface area contributed by atoms with E-state index in [4.69, 9.17) is 5.73 Å². The number of aryl methyl sites for hydroxylation is 1. The van der Waals surface area contributed by atoms with Crippen molar-refractivity contribution in [3.8, 4) is 11.4 Å². The summed E-state index contributed by atoms with van der Waals surface area (Å²) in [5.41, 5.74) is 8.24. The van der Waals surface area contributed by atoms with Crippen molar-refractivity contribution in [1.29, 1.82) is 0 Å². The first-order valence-corrected chi connectivity index (χ1v) is 12.5. The van der Waals surface area contributed by atoms with Crippen LogP contribution >= 0.6 is 0 Å². The van der Waals surface area contributed by atoms with Gasteiger partial charge < -0.3 is 20.9 Å². The van der Waals surface area contributed by atoms with Gasteiger partial charge in [0, 0.05) is 30.1 Å². The summed E-state index contributed by atoms with van der Waals surface area (Å²) in [5, 5.41) is 3.42. The van der Waals surface area contributed by atoms with E-state index in [-0.39, 0.29) is 11.3 Å². The van der Waals surface area contributed by atoms with E-state index in [1.54, 1.807) is 25.2 Å². The quantitative estimate of drug-likeness (QED) is 0.294. The standard InChI is InChI=1S/C29H31F3N6O/c1-18-10-11-19(16-22(18)27-34-23-9-6-5-8-21(23)26(33)36-27)28(39)35-24-17-20(29(30,31)32)12-13-25(24)38(4)15-7-14-37(2)3/h5-6,8-13,16-17H,7,14-15H2,1-4H3,(H,35,39)(H2,33,34,36). The van der Waals surface area contributed by atoms with Crippen molar-refractivity contribution in [1.82, 2.24) is 14.9 Å². The van der Waals surface area contributed by atoms with Crippen molar-refractivity contribution >= 4 is 34.0 Å². The number of carbonyl (C=O) groups is 1. The second-order valence-corrected chi connectivity index (χ2v) is 9.74. The summed E-state index contributed by atoms with van der Waals surface area (Å²) in [5.74, 6) is 0.127. The van der Waals surface area contributed by atoms with E-state index in [9.17, 15) is 18.0 Å². The largest absolute Gasteiger partial charge is 0.416 e. The number of nitrogens with zero attached hydrogens (tertiary/aromatic N) is 4. The van der Waals surface area contributed by atoms with Crippen LogP contribution in [0, 0.1) is 6.92 Å². The molecule has 0 fully saturated rings. The lowest BCUT2D eigenvalue weighted by Gasteiger charge is -2.24. The maximum Gasteiger partial charge on any atom is 0.416 e. The summed E-state index contributed by atoms with van der Waals surface area (Å²) < 4.78 is 40.6. The van der Waals surface area contributed by atoms with Gasteiger partial charge in [-0.15, -0.1) is 0 Å². The average Bonchev–Trinajstić information content (AvgIpc) is 2.88. The molecule has 4 rings (SSSR count). The van der Waals surface area contributed by atoms with Gasteiger partial charge in [-0.3, -0.25) is 4.79 Å². The SMILES string of the molecule is Cc1ccc(C(=O)Nc2cc(C(F)(F)F)ccc2N(C)CCCN(C)C)cc1-c1nc(N)c2ccccc2n1. The summed E-state index contributed by atoms with van der Waals surface area (Å²) in [7, 11) is 5.70. The van der Waals surface area contributed by atoms with Crippen LogP contribution in [-0.2, 0) is 6.18 Å². The Morgan fingerprint density at radius 2 is 1.72 bits per heavy atom. The molecule has 0 aliphatic rings. The molecule has 10 heteroatoms. The van der Waals surface area contributed by atoms with Gasteiger partial charge in [-0.2, -0.15) is 13.2 Å². The maximum atomic E-state index is 13.5. The van der Waals surface area contributed by atoms with E-state index in [0.29, 0.717) is 35.0 Å². The number of nitrogens with two attached hydrogens (primary N) is 1. The van der Waals surface area contributed by atoms with Gasteiger partial charge in [0.1, 0.15) is 5.82 Å². The third-order valence-corrected chi connectivity index (χ3v) is 6.46. The molecule has 0 saturated carbocycles. The highest BCUT2D eigenvalue weighted by molar-refractivity contribution is 6.06. The first-order chi connectivity index (χ1) is 18.4. The van der Waals surface area contributed by atoms with Crippen molar-refractivity contribution in [2.75, 3.05) is 50.2 Å². The Morgan fingerprint density at radius 1 is 0.974 bits per heavy atom. The predicted octanol–water partition coefficient (Wildman–Crippen LogP) is 5.85. The van der Waals surface area contributed by atoms with Crippen molar-refractivity contribution in [2.45, 2.75) is 19.5 Å². The van der Waals surface area contributed by atoms with Gasteiger partial charge in [-0.1, -0.05) is 18.2 Å². The first-order valence-electron chi connectivity index (χ1n) is 12.5. The van der Waals surface area contributed by atoms with E-state index in [1.165, 1.54) is 6.07 Å². The van der Waals surface area contributed by atoms with Crippen LogP contribution in [0.2, 0.25) is 0 Å². The van der Waals surface area contributed by atoms with Gasteiger partial charge in [-0.25, -0.2) is 9.97 Å². The number of alkyl halides is 3. The fourth-order valence-electron chi connectivity index (χ4n) is 4.31. The topological polar surface area (TPSA) is 87.4 Å². The molecule has 0 unspecified atom stereocenters. The number of para-hydroxylation sites is 1. The number of nitrogens with one attached hydrogen (secondary N) is 1. The number of rotatable bonds is 8. The Hall–Kier alpha value is -4.18. The minimum atomic E-state index is -4.55. The monoisotopic (exact) mass is 536 g/mol. The van der Waals surface area contributed by atoms with Crippen LogP contribution in [-0.4, -0.2) is 55.0 Å². The molecular formula is C29H31F3N6O. The number of aromatic nitrogens is 2. The molecule has 0 aliphatic carbocycles. The van der Waals surface area contributed by atoms with Crippen LogP contribution in [0.3, 0.4) is 0 Å². The second-order valence-electron chi connectivity index (χ2n) is 9.74. The number of hydrogen-bond donors (Lipinski definition) is 2. The molecule has 1 heterocycles. The number of hydrogen-bond acceptors (Lipinski definition) is 6. The van der Waals surface area contributed by atoms with Crippen LogP contribution in [0.5, 0.6) is 0 Å². The molecule has 0 bridgehead atoms. The number of halogens is 3. The number of nitrogen functional groups attached to an aromatic ring is 1. The summed E-state index contributed by atoms with van der Waals surface area (Å²) in [6.07, 6.45) is -3.75. The van der Waals surface area contributed by atoms with Gasteiger partial charge in [-0.05, 0) is 82.0 Å². The fraction of sp³-hybridized carbons (Fsp3) is 0.276. The molecule has 204 valence electrons. The Labute approximate surface area is 225 Å². The zero-order chi connectivity index (χ0) is 28.3. The zero-order valence-corrected chi connectivity index (χ0v) is 22.3. The third-order valence-electron chi connectivity index (χ3n) is 6.46. The highest BCUT2D eigenvalue weighted by Crippen LogP contribution is 2.36. The second kappa shape index (κ2) is 11.3. The van der Waals surface area contributed by atoms with E-state index >= 15 is 0 Å². The third kappa shape index (κ3) is 6.46. The van der Waals surface area contributed by atoms with Crippen molar-refractivity contribution in [2.24, 2.45) is 0 Å². The zero-order valence-electron chi connectivity index (χ0n) is 22.3. The minimum Gasteiger partial charge on any atom is -0.383 e. The highest BCUT2D eigenvalue weighted by atomic mass is 19.4. The highest BCUT2D eigenvalue weighted by Gasteiger charge is 2.31. The lowest BCUT2D eigenvalue weighted by atomic mass is 10.0. The molecule has 0 aliphatic heterocycles. The van der Waals surface area contributed by atoms with Gasteiger partial charge in [0.2, 0.25) is 0 Å². The number of anilines is 3. The summed E-state index contributed by atoms with van der Waals surface area (Å²) in [6.45, 7) is 3.28. The van der Waals surface area contributed by atoms with Crippen LogP contribution in [0.25, 0.3) is 22.3 Å². The molecule has 39 heavy (non-hydrogen) atoms. The molecule has 4 aromatic rings. The van der Waals surface area contributed by atoms with E-state index in [1.807, 2.05) is 55.1 Å². The fourth-order valence-corrected chi connectivity index (χ4v) is 4.31. The summed E-state index contributed by atoms with van der Waals surface area (Å²) in [4.78, 5) is 26.3. The van der Waals surface area contributed by atoms with Crippen LogP contribution in [0.4, 0.5) is 30.4 Å². The normalized spacial score (nSPS) is 11.7. The number of benzene rings is 3. The van der Waals surface area contributed by atoms with Crippen molar-refractivity contribution < 1.29 is 18.0 Å². The molecule has 3 aromatic carbocycles. The van der Waals surface area contributed by atoms with E-state index in [2.05, 4.69) is 15.3 Å². The average molecular weight is 537 g/mol. The molecule has 0 spiro atoms. The minimum absolute atomic E-state index is 0.0792. The van der Waals surface area contributed by atoms with Crippen LogP contribution in [0.15, 0.2) is 60.7 Å². The Kier molecular flexibility index (Phi) is 8.06. The Morgan fingerprint density at radius 3 is 2.44 bits per heavy atom. The van der Waals surface area contributed by atoms with E-state index in [0.717, 1.165) is 36.0 Å². The van der Waals surface area contributed by atoms with Crippen molar-refractivity contribution in [3.63, 3.8) is 0 Å². The molecule has 1 amide bonds. The molecule has 0 radical (unpaired) electrons. The number of amides is 1. The number of carbonyl (C=O) groups excluding carboxylic acids is 1.